The quantitative estimate of drug-likeness (QED) is 0.830. The number of nitrogens with zero attached hydrogens (tertiary/aromatic N) is 2. The van der Waals surface area contributed by atoms with Crippen molar-refractivity contribution in [2.75, 3.05) is 5.32 Å². The minimum atomic E-state index is 0.316. The van der Waals surface area contributed by atoms with Crippen molar-refractivity contribution in [1.82, 2.24) is 9.97 Å². The standard InChI is InChI=1S/C15H22ClN3/c1-9-8-17-13(16)19-11(9)18-12-14(2,3)10-5-6-15(12,4)7-10/h8,10,12H,5-7H2,1-4H3,(H,17,18,19). The molecule has 0 radical (unpaired) electrons. The van der Waals surface area contributed by atoms with Gasteiger partial charge >= 0.3 is 0 Å². The van der Waals surface area contributed by atoms with Gasteiger partial charge in [0.2, 0.25) is 5.28 Å². The van der Waals surface area contributed by atoms with E-state index in [4.69, 9.17) is 11.6 Å². The summed E-state index contributed by atoms with van der Waals surface area (Å²) in [6.45, 7) is 9.22. The number of hydrogen-bond acceptors (Lipinski definition) is 3. The van der Waals surface area contributed by atoms with Crippen LogP contribution in [0.5, 0.6) is 0 Å². The molecule has 0 amide bonds. The van der Waals surface area contributed by atoms with Crippen molar-refractivity contribution in [1.29, 1.82) is 0 Å². The Bertz CT molecular complexity index is 509. The molecule has 1 N–H and O–H groups in total. The van der Waals surface area contributed by atoms with Gasteiger partial charge in [0.05, 0.1) is 0 Å². The Morgan fingerprint density at radius 3 is 2.74 bits per heavy atom. The van der Waals surface area contributed by atoms with Crippen molar-refractivity contribution < 1.29 is 0 Å². The van der Waals surface area contributed by atoms with E-state index in [-0.39, 0.29) is 0 Å². The van der Waals surface area contributed by atoms with Gasteiger partial charge in [0.25, 0.3) is 0 Å². The average Bonchev–Trinajstić information content (AvgIpc) is 2.80. The molecule has 0 spiro atoms. The summed E-state index contributed by atoms with van der Waals surface area (Å²) in [6.07, 6.45) is 5.80. The number of rotatable bonds is 2. The lowest BCUT2D eigenvalue weighted by Crippen LogP contribution is -2.46. The molecule has 2 fully saturated rings. The summed E-state index contributed by atoms with van der Waals surface area (Å²) >= 11 is 5.92. The van der Waals surface area contributed by atoms with Crippen LogP contribution in [0.25, 0.3) is 0 Å². The molecule has 2 saturated carbocycles. The van der Waals surface area contributed by atoms with Crippen LogP contribution in [0.3, 0.4) is 0 Å². The molecular formula is C15H22ClN3. The third-order valence-corrected chi connectivity index (χ3v) is 5.68. The van der Waals surface area contributed by atoms with E-state index >= 15 is 0 Å². The summed E-state index contributed by atoms with van der Waals surface area (Å²) in [7, 11) is 0. The van der Waals surface area contributed by atoms with Crippen molar-refractivity contribution in [2.45, 2.75) is 53.0 Å². The predicted molar refractivity (Wildman–Crippen MR) is 78.4 cm³/mol. The highest BCUT2D eigenvalue weighted by Crippen LogP contribution is 2.63. The third-order valence-electron chi connectivity index (χ3n) is 5.49. The molecule has 19 heavy (non-hydrogen) atoms. The van der Waals surface area contributed by atoms with Crippen LogP contribution < -0.4 is 5.32 Å². The van der Waals surface area contributed by atoms with Crippen LogP contribution in [0.15, 0.2) is 6.20 Å². The van der Waals surface area contributed by atoms with Gasteiger partial charge < -0.3 is 5.32 Å². The summed E-state index contributed by atoms with van der Waals surface area (Å²) < 4.78 is 0. The van der Waals surface area contributed by atoms with E-state index in [9.17, 15) is 0 Å². The molecule has 0 aromatic carbocycles. The zero-order chi connectivity index (χ0) is 13.8. The van der Waals surface area contributed by atoms with E-state index in [2.05, 4.69) is 36.1 Å². The highest BCUT2D eigenvalue weighted by Gasteiger charge is 2.59. The summed E-state index contributed by atoms with van der Waals surface area (Å²) in [5.41, 5.74) is 1.76. The smallest absolute Gasteiger partial charge is 0.224 e. The molecule has 2 aliphatic rings. The number of nitrogens with one attached hydrogen (secondary N) is 1. The van der Waals surface area contributed by atoms with Gasteiger partial charge in [-0.25, -0.2) is 9.97 Å². The monoisotopic (exact) mass is 279 g/mol. The van der Waals surface area contributed by atoms with E-state index in [0.717, 1.165) is 17.3 Å². The van der Waals surface area contributed by atoms with Crippen molar-refractivity contribution in [3.63, 3.8) is 0 Å². The fourth-order valence-corrected chi connectivity index (χ4v) is 4.50. The number of aryl methyl sites for hydroxylation is 1. The Labute approximate surface area is 120 Å². The second kappa shape index (κ2) is 4.08. The molecule has 104 valence electrons. The molecule has 2 bridgehead atoms. The molecule has 2 aliphatic carbocycles. The zero-order valence-electron chi connectivity index (χ0n) is 12.1. The molecule has 4 heteroatoms. The summed E-state index contributed by atoms with van der Waals surface area (Å²) in [6, 6.07) is 0.461. The molecule has 1 heterocycles. The summed E-state index contributed by atoms with van der Waals surface area (Å²) in [4.78, 5) is 8.39. The van der Waals surface area contributed by atoms with Crippen molar-refractivity contribution in [3.8, 4) is 0 Å². The topological polar surface area (TPSA) is 37.8 Å². The normalized spacial score (nSPS) is 35.6. The van der Waals surface area contributed by atoms with Gasteiger partial charge in [-0.2, -0.15) is 0 Å². The first-order chi connectivity index (χ1) is 8.83. The van der Waals surface area contributed by atoms with E-state index < -0.39 is 0 Å². The lowest BCUT2D eigenvalue weighted by molar-refractivity contribution is 0.155. The lowest BCUT2D eigenvalue weighted by atomic mass is 9.68. The molecular weight excluding hydrogens is 258 g/mol. The second-order valence-electron chi connectivity index (χ2n) is 7.16. The SMILES string of the molecule is Cc1cnc(Cl)nc1NC1C2(C)CCC(C2)C1(C)C. The third kappa shape index (κ3) is 1.94. The highest BCUT2D eigenvalue weighted by atomic mass is 35.5. The van der Waals surface area contributed by atoms with Crippen molar-refractivity contribution >= 4 is 17.4 Å². The van der Waals surface area contributed by atoms with Gasteiger partial charge in [-0.1, -0.05) is 20.8 Å². The molecule has 1 aromatic heterocycles. The van der Waals surface area contributed by atoms with Crippen LogP contribution >= 0.6 is 11.6 Å². The Morgan fingerprint density at radius 2 is 2.11 bits per heavy atom. The molecule has 0 aliphatic heterocycles. The van der Waals surface area contributed by atoms with Crippen LogP contribution in [0, 0.1) is 23.7 Å². The van der Waals surface area contributed by atoms with E-state index in [0.29, 0.717) is 22.2 Å². The van der Waals surface area contributed by atoms with E-state index in [1.165, 1.54) is 19.3 Å². The fraction of sp³-hybridized carbons (Fsp3) is 0.733. The van der Waals surface area contributed by atoms with Gasteiger partial charge in [0.1, 0.15) is 5.82 Å². The van der Waals surface area contributed by atoms with Gasteiger partial charge in [-0.05, 0) is 54.5 Å². The summed E-state index contributed by atoms with van der Waals surface area (Å²) in [5, 5.41) is 4.00. The van der Waals surface area contributed by atoms with Gasteiger partial charge in [-0.3, -0.25) is 0 Å². The maximum absolute atomic E-state index is 5.92. The van der Waals surface area contributed by atoms with E-state index in [1.807, 2.05) is 6.92 Å². The molecule has 3 atom stereocenters. The first-order valence-electron chi connectivity index (χ1n) is 7.08. The minimum Gasteiger partial charge on any atom is -0.366 e. The number of anilines is 1. The van der Waals surface area contributed by atoms with E-state index in [1.54, 1.807) is 6.20 Å². The average molecular weight is 280 g/mol. The van der Waals surface area contributed by atoms with Gasteiger partial charge in [0.15, 0.2) is 0 Å². The first-order valence-corrected chi connectivity index (χ1v) is 7.46. The predicted octanol–water partition coefficient (Wildman–Crippen LogP) is 4.07. The number of hydrogen-bond donors (Lipinski definition) is 1. The van der Waals surface area contributed by atoms with Crippen LogP contribution in [0.1, 0.15) is 45.6 Å². The maximum atomic E-state index is 5.92. The Hall–Kier alpha value is -0.830. The molecule has 3 rings (SSSR count). The number of aromatic nitrogens is 2. The Kier molecular flexibility index (Phi) is 2.83. The zero-order valence-corrected chi connectivity index (χ0v) is 12.9. The van der Waals surface area contributed by atoms with Gasteiger partial charge in [0, 0.05) is 17.8 Å². The Balaban J connectivity index is 1.92. The second-order valence-corrected chi connectivity index (χ2v) is 7.50. The number of fused-ring (bicyclic) bond motifs is 2. The molecule has 3 unspecified atom stereocenters. The molecule has 3 nitrogen and oxygen atoms in total. The number of halogens is 1. The van der Waals surface area contributed by atoms with Crippen molar-refractivity contribution in [3.05, 3.63) is 17.0 Å². The van der Waals surface area contributed by atoms with Crippen LogP contribution in [-0.2, 0) is 0 Å². The van der Waals surface area contributed by atoms with Crippen LogP contribution in [0.4, 0.5) is 5.82 Å². The van der Waals surface area contributed by atoms with Gasteiger partial charge in [-0.15, -0.1) is 0 Å². The minimum absolute atomic E-state index is 0.316. The van der Waals surface area contributed by atoms with Crippen LogP contribution in [-0.4, -0.2) is 16.0 Å². The maximum Gasteiger partial charge on any atom is 0.224 e. The molecule has 0 saturated heterocycles. The van der Waals surface area contributed by atoms with Crippen LogP contribution in [0.2, 0.25) is 5.28 Å². The lowest BCUT2D eigenvalue weighted by Gasteiger charge is -2.43. The highest BCUT2D eigenvalue weighted by molar-refractivity contribution is 6.28. The summed E-state index contributed by atoms with van der Waals surface area (Å²) in [5.74, 6) is 1.72. The Morgan fingerprint density at radius 1 is 1.37 bits per heavy atom. The molecule has 1 aromatic rings. The first kappa shape index (κ1) is 13.2. The van der Waals surface area contributed by atoms with Crippen molar-refractivity contribution in [2.24, 2.45) is 16.7 Å². The largest absolute Gasteiger partial charge is 0.366 e. The fourth-order valence-electron chi connectivity index (χ4n) is 4.37.